The van der Waals surface area contributed by atoms with E-state index in [4.69, 9.17) is 11.6 Å². The van der Waals surface area contributed by atoms with E-state index in [1.54, 1.807) is 0 Å². The molecule has 0 fully saturated rings. The van der Waals surface area contributed by atoms with Gasteiger partial charge in [-0.25, -0.2) is 0 Å². The van der Waals surface area contributed by atoms with E-state index in [0.29, 0.717) is 5.02 Å². The maximum Gasteiger partial charge on any atom is 0.0960 e. The lowest BCUT2D eigenvalue weighted by molar-refractivity contribution is 0.446. The Balaban J connectivity index is 3.07. The standard InChI is InChI=1S/C10H12ClF/c1-7(6-12)9-4-3-5-10(11)8(9)2/h3-5,7H,6H2,1-2H3. The Morgan fingerprint density at radius 1 is 1.50 bits per heavy atom. The molecule has 2 heteroatoms. The zero-order valence-corrected chi connectivity index (χ0v) is 8.03. The predicted molar refractivity (Wildman–Crippen MR) is 50.6 cm³/mol. The summed E-state index contributed by atoms with van der Waals surface area (Å²) in [5, 5.41) is 0.716. The molecule has 0 saturated carbocycles. The molecule has 0 saturated heterocycles. The van der Waals surface area contributed by atoms with E-state index >= 15 is 0 Å². The van der Waals surface area contributed by atoms with Crippen LogP contribution in [-0.4, -0.2) is 6.67 Å². The van der Waals surface area contributed by atoms with Crippen molar-refractivity contribution < 1.29 is 4.39 Å². The average Bonchev–Trinajstić information content (AvgIpc) is 2.08. The van der Waals surface area contributed by atoms with Gasteiger partial charge in [0, 0.05) is 10.9 Å². The van der Waals surface area contributed by atoms with Crippen molar-refractivity contribution >= 4 is 11.6 Å². The largest absolute Gasteiger partial charge is 0.250 e. The highest BCUT2D eigenvalue weighted by Crippen LogP contribution is 2.25. The molecule has 0 aliphatic heterocycles. The first-order valence-electron chi connectivity index (χ1n) is 3.97. The van der Waals surface area contributed by atoms with E-state index in [-0.39, 0.29) is 12.6 Å². The molecular formula is C10H12ClF. The molecule has 0 N–H and O–H groups in total. The molecule has 0 bridgehead atoms. The first-order chi connectivity index (χ1) is 5.66. The van der Waals surface area contributed by atoms with E-state index in [1.165, 1.54) is 0 Å². The zero-order chi connectivity index (χ0) is 9.14. The molecule has 1 rings (SSSR count). The molecule has 1 atom stereocenters. The normalized spacial score (nSPS) is 13.0. The van der Waals surface area contributed by atoms with E-state index < -0.39 is 0 Å². The van der Waals surface area contributed by atoms with Crippen LogP contribution in [0.25, 0.3) is 0 Å². The molecule has 0 radical (unpaired) electrons. The smallest absolute Gasteiger partial charge is 0.0960 e. The molecule has 0 aromatic heterocycles. The molecule has 0 aliphatic carbocycles. The van der Waals surface area contributed by atoms with Gasteiger partial charge in [-0.15, -0.1) is 0 Å². The SMILES string of the molecule is Cc1c(Cl)cccc1C(C)CF. The molecule has 0 amide bonds. The van der Waals surface area contributed by atoms with Crippen LogP contribution in [-0.2, 0) is 0 Å². The maximum absolute atomic E-state index is 12.3. The number of alkyl halides is 1. The minimum atomic E-state index is -0.332. The van der Waals surface area contributed by atoms with Crippen molar-refractivity contribution in [3.8, 4) is 0 Å². The Kier molecular flexibility index (Phi) is 3.10. The van der Waals surface area contributed by atoms with Crippen molar-refractivity contribution in [2.24, 2.45) is 0 Å². The second kappa shape index (κ2) is 3.90. The third-order valence-corrected chi connectivity index (χ3v) is 2.48. The third kappa shape index (κ3) is 1.78. The summed E-state index contributed by atoms with van der Waals surface area (Å²) in [5.41, 5.74) is 1.99. The van der Waals surface area contributed by atoms with Gasteiger partial charge in [0.1, 0.15) is 0 Å². The number of benzene rings is 1. The Morgan fingerprint density at radius 2 is 2.17 bits per heavy atom. The van der Waals surface area contributed by atoms with Crippen LogP contribution in [0, 0.1) is 6.92 Å². The summed E-state index contributed by atoms with van der Waals surface area (Å²) in [6, 6.07) is 5.60. The molecule has 1 unspecified atom stereocenters. The van der Waals surface area contributed by atoms with Crippen molar-refractivity contribution in [1.29, 1.82) is 0 Å². The summed E-state index contributed by atoms with van der Waals surface area (Å²) < 4.78 is 12.3. The summed E-state index contributed by atoms with van der Waals surface area (Å²) >= 11 is 5.89. The van der Waals surface area contributed by atoms with Crippen molar-refractivity contribution in [1.82, 2.24) is 0 Å². The van der Waals surface area contributed by atoms with Gasteiger partial charge < -0.3 is 0 Å². The van der Waals surface area contributed by atoms with Crippen molar-refractivity contribution in [2.75, 3.05) is 6.67 Å². The third-order valence-electron chi connectivity index (χ3n) is 2.07. The van der Waals surface area contributed by atoms with Crippen molar-refractivity contribution in [3.05, 3.63) is 34.3 Å². The fraction of sp³-hybridized carbons (Fsp3) is 0.400. The quantitative estimate of drug-likeness (QED) is 0.661. The molecule has 66 valence electrons. The van der Waals surface area contributed by atoms with Gasteiger partial charge in [-0.3, -0.25) is 4.39 Å². The lowest BCUT2D eigenvalue weighted by Gasteiger charge is -2.11. The van der Waals surface area contributed by atoms with E-state index in [1.807, 2.05) is 32.0 Å². The van der Waals surface area contributed by atoms with Crippen LogP contribution in [0.1, 0.15) is 24.0 Å². The van der Waals surface area contributed by atoms with Crippen LogP contribution in [0.4, 0.5) is 4.39 Å². The molecule has 1 aromatic carbocycles. The van der Waals surface area contributed by atoms with Gasteiger partial charge in [0.2, 0.25) is 0 Å². The summed E-state index contributed by atoms with van der Waals surface area (Å²) in [4.78, 5) is 0. The Labute approximate surface area is 77.4 Å². The minimum Gasteiger partial charge on any atom is -0.250 e. The molecule has 0 aliphatic rings. The van der Waals surface area contributed by atoms with Crippen LogP contribution < -0.4 is 0 Å². The lowest BCUT2D eigenvalue weighted by Crippen LogP contribution is -1.98. The fourth-order valence-electron chi connectivity index (χ4n) is 1.24. The second-order valence-corrected chi connectivity index (χ2v) is 3.42. The number of hydrogen-bond acceptors (Lipinski definition) is 0. The predicted octanol–water partition coefficient (Wildman–Crippen LogP) is 3.72. The maximum atomic E-state index is 12.3. The van der Waals surface area contributed by atoms with Crippen LogP contribution in [0.3, 0.4) is 0 Å². The minimum absolute atomic E-state index is 0.0521. The van der Waals surface area contributed by atoms with Gasteiger partial charge in [0.15, 0.2) is 0 Å². The molecule has 12 heavy (non-hydrogen) atoms. The highest BCUT2D eigenvalue weighted by atomic mass is 35.5. The van der Waals surface area contributed by atoms with Crippen LogP contribution in [0.15, 0.2) is 18.2 Å². The molecule has 0 heterocycles. The first kappa shape index (κ1) is 9.53. The first-order valence-corrected chi connectivity index (χ1v) is 4.35. The Morgan fingerprint density at radius 3 is 2.75 bits per heavy atom. The van der Waals surface area contributed by atoms with E-state index in [9.17, 15) is 4.39 Å². The van der Waals surface area contributed by atoms with Crippen molar-refractivity contribution in [3.63, 3.8) is 0 Å². The van der Waals surface area contributed by atoms with Gasteiger partial charge in [-0.05, 0) is 24.1 Å². The summed E-state index contributed by atoms with van der Waals surface area (Å²) in [5.74, 6) is -0.0521. The summed E-state index contributed by atoms with van der Waals surface area (Å²) in [6.45, 7) is 3.45. The number of rotatable bonds is 2. The molecule has 1 aromatic rings. The topological polar surface area (TPSA) is 0 Å². The van der Waals surface area contributed by atoms with Crippen LogP contribution >= 0.6 is 11.6 Å². The molecule has 0 spiro atoms. The van der Waals surface area contributed by atoms with E-state index in [0.717, 1.165) is 11.1 Å². The van der Waals surface area contributed by atoms with Crippen LogP contribution in [0.5, 0.6) is 0 Å². The van der Waals surface area contributed by atoms with Crippen molar-refractivity contribution in [2.45, 2.75) is 19.8 Å². The number of halogens is 2. The monoisotopic (exact) mass is 186 g/mol. The van der Waals surface area contributed by atoms with Gasteiger partial charge >= 0.3 is 0 Å². The Hall–Kier alpha value is -0.560. The van der Waals surface area contributed by atoms with Gasteiger partial charge in [0.25, 0.3) is 0 Å². The fourth-order valence-corrected chi connectivity index (χ4v) is 1.42. The molecular weight excluding hydrogens is 175 g/mol. The zero-order valence-electron chi connectivity index (χ0n) is 7.27. The van der Waals surface area contributed by atoms with Gasteiger partial charge in [-0.1, -0.05) is 30.7 Å². The summed E-state index contributed by atoms with van der Waals surface area (Å²) in [7, 11) is 0. The highest BCUT2D eigenvalue weighted by molar-refractivity contribution is 6.31. The second-order valence-electron chi connectivity index (χ2n) is 3.01. The number of hydrogen-bond donors (Lipinski definition) is 0. The Bertz CT molecular complexity index is 271. The lowest BCUT2D eigenvalue weighted by atomic mass is 9.98. The van der Waals surface area contributed by atoms with E-state index in [2.05, 4.69) is 0 Å². The molecule has 0 nitrogen and oxygen atoms in total. The summed E-state index contributed by atoms with van der Waals surface area (Å²) in [6.07, 6.45) is 0. The van der Waals surface area contributed by atoms with Gasteiger partial charge in [-0.2, -0.15) is 0 Å². The van der Waals surface area contributed by atoms with Crippen LogP contribution in [0.2, 0.25) is 5.02 Å². The van der Waals surface area contributed by atoms with Gasteiger partial charge in [0.05, 0.1) is 6.67 Å². The highest BCUT2D eigenvalue weighted by Gasteiger charge is 2.08. The average molecular weight is 187 g/mol.